The normalized spacial score (nSPS) is 17.9. The van der Waals surface area contributed by atoms with E-state index in [2.05, 4.69) is 5.32 Å². The largest absolute Gasteiger partial charge is 0.326 e. The molecule has 1 aliphatic heterocycles. The SMILES string of the molecule is Cc1cc(C)c(S(=O)(=O)N2CCC[C@@H](C(=O)Nc3ccc(C)c(Cl)c3)C2)c(C)c1. The monoisotopic (exact) mass is 434 g/mol. The second-order valence-corrected chi connectivity index (χ2v) is 10.2. The summed E-state index contributed by atoms with van der Waals surface area (Å²) >= 11 is 6.14. The molecule has 0 bridgehead atoms. The number of carbonyl (C=O) groups excluding carboxylic acids is 1. The van der Waals surface area contributed by atoms with E-state index < -0.39 is 15.9 Å². The van der Waals surface area contributed by atoms with E-state index in [0.717, 1.165) is 22.3 Å². The lowest BCUT2D eigenvalue weighted by molar-refractivity contribution is -0.120. The van der Waals surface area contributed by atoms with Crippen LogP contribution in [0, 0.1) is 33.6 Å². The maximum atomic E-state index is 13.3. The summed E-state index contributed by atoms with van der Waals surface area (Å²) in [6.45, 7) is 8.10. The molecule has 7 heteroatoms. The molecule has 0 radical (unpaired) electrons. The number of piperidine rings is 1. The highest BCUT2D eigenvalue weighted by molar-refractivity contribution is 7.89. The van der Waals surface area contributed by atoms with Crippen LogP contribution in [0.25, 0.3) is 0 Å². The van der Waals surface area contributed by atoms with Gasteiger partial charge in [-0.1, -0.05) is 35.4 Å². The first-order valence-corrected chi connectivity index (χ1v) is 11.6. The average molecular weight is 435 g/mol. The van der Waals surface area contributed by atoms with Gasteiger partial charge in [-0.05, 0) is 69.4 Å². The van der Waals surface area contributed by atoms with Gasteiger partial charge in [-0.3, -0.25) is 4.79 Å². The molecule has 1 fully saturated rings. The highest BCUT2D eigenvalue weighted by Gasteiger charge is 2.34. The first-order valence-electron chi connectivity index (χ1n) is 9.74. The first kappa shape index (κ1) is 21.8. The highest BCUT2D eigenvalue weighted by atomic mass is 35.5. The number of carbonyl (C=O) groups is 1. The van der Waals surface area contributed by atoms with Crippen LogP contribution in [0.15, 0.2) is 35.2 Å². The van der Waals surface area contributed by atoms with E-state index in [-0.39, 0.29) is 12.5 Å². The number of hydrogen-bond acceptors (Lipinski definition) is 3. The van der Waals surface area contributed by atoms with Gasteiger partial charge in [0, 0.05) is 23.8 Å². The molecule has 1 amide bonds. The minimum Gasteiger partial charge on any atom is -0.326 e. The summed E-state index contributed by atoms with van der Waals surface area (Å²) in [5, 5.41) is 3.46. The third-order valence-electron chi connectivity index (χ3n) is 5.40. The van der Waals surface area contributed by atoms with E-state index in [1.54, 1.807) is 12.1 Å². The topological polar surface area (TPSA) is 66.5 Å². The number of benzene rings is 2. The zero-order valence-corrected chi connectivity index (χ0v) is 18.8. The Kier molecular flexibility index (Phi) is 6.36. The van der Waals surface area contributed by atoms with Crippen molar-refractivity contribution in [2.75, 3.05) is 18.4 Å². The number of aryl methyl sites for hydroxylation is 4. The van der Waals surface area contributed by atoms with Crippen LogP contribution >= 0.6 is 11.6 Å². The molecule has 2 aromatic carbocycles. The minimum absolute atomic E-state index is 0.179. The second kappa shape index (κ2) is 8.46. The van der Waals surface area contributed by atoms with Gasteiger partial charge in [0.15, 0.2) is 0 Å². The molecule has 0 aromatic heterocycles. The Morgan fingerprint density at radius 3 is 2.34 bits per heavy atom. The summed E-state index contributed by atoms with van der Waals surface area (Å²) < 4.78 is 28.1. The molecular weight excluding hydrogens is 408 g/mol. The van der Waals surface area contributed by atoms with Crippen LogP contribution in [0.4, 0.5) is 5.69 Å². The van der Waals surface area contributed by atoms with Crippen molar-refractivity contribution >= 4 is 33.2 Å². The molecule has 1 heterocycles. The fourth-order valence-corrected chi connectivity index (χ4v) is 6.11. The van der Waals surface area contributed by atoms with Crippen molar-refractivity contribution in [1.82, 2.24) is 4.31 Å². The molecule has 3 rings (SSSR count). The van der Waals surface area contributed by atoms with Crippen molar-refractivity contribution < 1.29 is 13.2 Å². The van der Waals surface area contributed by atoms with E-state index in [0.29, 0.717) is 35.0 Å². The number of amides is 1. The fraction of sp³-hybridized carbons (Fsp3) is 0.409. The number of nitrogens with zero attached hydrogens (tertiary/aromatic N) is 1. The molecule has 156 valence electrons. The number of rotatable bonds is 4. The van der Waals surface area contributed by atoms with Gasteiger partial charge in [0.1, 0.15) is 0 Å². The molecule has 0 spiro atoms. The lowest BCUT2D eigenvalue weighted by atomic mass is 9.98. The maximum absolute atomic E-state index is 13.3. The van der Waals surface area contributed by atoms with Crippen molar-refractivity contribution in [2.24, 2.45) is 5.92 Å². The Hall–Kier alpha value is -1.89. The number of sulfonamides is 1. The lowest BCUT2D eigenvalue weighted by Gasteiger charge is -2.32. The van der Waals surface area contributed by atoms with E-state index >= 15 is 0 Å². The molecule has 29 heavy (non-hydrogen) atoms. The molecular formula is C22H27ClN2O3S. The quantitative estimate of drug-likeness (QED) is 0.763. The Bertz CT molecular complexity index is 1030. The van der Waals surface area contributed by atoms with E-state index in [1.165, 1.54) is 4.31 Å². The number of hydrogen-bond donors (Lipinski definition) is 1. The van der Waals surface area contributed by atoms with E-state index in [1.807, 2.05) is 45.9 Å². The van der Waals surface area contributed by atoms with Crippen LogP contribution in [0.2, 0.25) is 5.02 Å². The molecule has 1 N–H and O–H groups in total. The molecule has 2 aromatic rings. The summed E-state index contributed by atoms with van der Waals surface area (Å²) in [7, 11) is -3.66. The third-order valence-corrected chi connectivity index (χ3v) is 7.98. The van der Waals surface area contributed by atoms with E-state index in [9.17, 15) is 13.2 Å². The highest BCUT2D eigenvalue weighted by Crippen LogP contribution is 2.29. The van der Waals surface area contributed by atoms with Crippen molar-refractivity contribution in [3.63, 3.8) is 0 Å². The van der Waals surface area contributed by atoms with Crippen LogP contribution in [-0.4, -0.2) is 31.7 Å². The van der Waals surface area contributed by atoms with Gasteiger partial charge in [0.2, 0.25) is 15.9 Å². The predicted octanol–water partition coefficient (Wildman–Crippen LogP) is 4.61. The van der Waals surface area contributed by atoms with Crippen molar-refractivity contribution in [2.45, 2.75) is 45.4 Å². The molecule has 0 aliphatic carbocycles. The Balaban J connectivity index is 1.79. The van der Waals surface area contributed by atoms with Gasteiger partial charge in [0.05, 0.1) is 10.8 Å². The minimum atomic E-state index is -3.66. The summed E-state index contributed by atoms with van der Waals surface area (Å²) in [4.78, 5) is 13.1. The van der Waals surface area contributed by atoms with Crippen LogP contribution in [0.1, 0.15) is 35.1 Å². The smallest absolute Gasteiger partial charge is 0.243 e. The van der Waals surface area contributed by atoms with Crippen molar-refractivity contribution in [3.05, 3.63) is 57.6 Å². The summed E-state index contributed by atoms with van der Waals surface area (Å²) in [5.41, 5.74) is 4.07. The Labute approximate surface area is 178 Å². The Morgan fingerprint density at radius 2 is 1.72 bits per heavy atom. The average Bonchev–Trinajstić information content (AvgIpc) is 2.63. The molecule has 0 unspecified atom stereocenters. The third kappa shape index (κ3) is 4.65. The standard InChI is InChI=1S/C22H27ClN2O3S/c1-14-10-16(3)21(17(4)11-14)29(27,28)25-9-5-6-18(13-25)22(26)24-19-8-7-15(2)20(23)12-19/h7-8,10-12,18H,5-6,9,13H2,1-4H3,(H,24,26)/t18-/m1/s1. The van der Waals surface area contributed by atoms with Crippen LogP contribution in [0.3, 0.4) is 0 Å². The van der Waals surface area contributed by atoms with Crippen LogP contribution in [0.5, 0.6) is 0 Å². The molecule has 1 aliphatic rings. The van der Waals surface area contributed by atoms with Gasteiger partial charge < -0.3 is 5.32 Å². The zero-order valence-electron chi connectivity index (χ0n) is 17.3. The zero-order chi connectivity index (χ0) is 21.3. The summed E-state index contributed by atoms with van der Waals surface area (Å²) in [6, 6.07) is 9.13. The van der Waals surface area contributed by atoms with E-state index in [4.69, 9.17) is 11.6 Å². The first-order chi connectivity index (χ1) is 13.6. The lowest BCUT2D eigenvalue weighted by Crippen LogP contribution is -2.44. The second-order valence-electron chi connectivity index (χ2n) is 7.88. The molecule has 0 saturated carbocycles. The Morgan fingerprint density at radius 1 is 1.07 bits per heavy atom. The predicted molar refractivity (Wildman–Crippen MR) is 117 cm³/mol. The number of nitrogens with one attached hydrogen (secondary N) is 1. The van der Waals surface area contributed by atoms with Gasteiger partial charge >= 0.3 is 0 Å². The molecule has 5 nitrogen and oxygen atoms in total. The van der Waals surface area contributed by atoms with Gasteiger partial charge in [-0.15, -0.1) is 0 Å². The maximum Gasteiger partial charge on any atom is 0.243 e. The number of halogens is 1. The van der Waals surface area contributed by atoms with Crippen molar-refractivity contribution in [1.29, 1.82) is 0 Å². The molecule has 1 atom stereocenters. The van der Waals surface area contributed by atoms with Crippen LogP contribution < -0.4 is 5.32 Å². The van der Waals surface area contributed by atoms with Gasteiger partial charge in [-0.25, -0.2) is 8.42 Å². The fourth-order valence-electron chi connectivity index (χ4n) is 3.99. The van der Waals surface area contributed by atoms with Crippen LogP contribution in [-0.2, 0) is 14.8 Å². The molecule has 1 saturated heterocycles. The summed E-state index contributed by atoms with van der Waals surface area (Å²) in [6.07, 6.45) is 1.30. The van der Waals surface area contributed by atoms with Gasteiger partial charge in [0.25, 0.3) is 0 Å². The van der Waals surface area contributed by atoms with Gasteiger partial charge in [-0.2, -0.15) is 4.31 Å². The number of anilines is 1. The summed E-state index contributed by atoms with van der Waals surface area (Å²) in [5.74, 6) is -0.577. The van der Waals surface area contributed by atoms with Crippen molar-refractivity contribution in [3.8, 4) is 0 Å².